The average molecular weight is 364 g/mol. The van der Waals surface area contributed by atoms with E-state index >= 15 is 0 Å². The summed E-state index contributed by atoms with van der Waals surface area (Å²) in [5.41, 5.74) is 2.07. The largest absolute Gasteiger partial charge is 0.487 e. The van der Waals surface area contributed by atoms with E-state index in [1.54, 1.807) is 18.3 Å². The van der Waals surface area contributed by atoms with Crippen molar-refractivity contribution in [3.05, 3.63) is 77.7 Å². The second kappa shape index (κ2) is 8.75. The fourth-order valence-electron chi connectivity index (χ4n) is 2.44. The topological polar surface area (TPSA) is 86.2 Å². The minimum Gasteiger partial charge on any atom is -0.487 e. The summed E-state index contributed by atoms with van der Waals surface area (Å²) < 4.78 is 10.4. The van der Waals surface area contributed by atoms with Gasteiger partial charge in [-0.25, -0.2) is 4.79 Å². The van der Waals surface area contributed by atoms with E-state index in [-0.39, 0.29) is 11.7 Å². The molecule has 0 bridgehead atoms. The smallest absolute Gasteiger partial charge is 0.358 e. The molecule has 2 heterocycles. The monoisotopic (exact) mass is 364 g/mol. The van der Waals surface area contributed by atoms with Crippen LogP contribution in [0.4, 0.5) is 5.82 Å². The summed E-state index contributed by atoms with van der Waals surface area (Å²) in [5, 5.41) is 11.1. The Bertz CT molecular complexity index is 885. The van der Waals surface area contributed by atoms with Crippen molar-refractivity contribution in [2.75, 3.05) is 12.4 Å². The summed E-state index contributed by atoms with van der Waals surface area (Å²) in [6.45, 7) is 2.42. The van der Waals surface area contributed by atoms with Gasteiger partial charge < -0.3 is 14.8 Å². The number of hydrogen-bond donors (Lipinski definition) is 1. The van der Waals surface area contributed by atoms with E-state index in [0.717, 1.165) is 17.0 Å². The van der Waals surface area contributed by atoms with Gasteiger partial charge in [-0.05, 0) is 48.9 Å². The van der Waals surface area contributed by atoms with E-state index < -0.39 is 5.97 Å². The Kier molecular flexibility index (Phi) is 5.94. The normalized spacial score (nSPS) is 11.5. The van der Waals surface area contributed by atoms with Gasteiger partial charge in [0, 0.05) is 6.20 Å². The lowest BCUT2D eigenvalue weighted by Crippen LogP contribution is -2.11. The molecule has 3 rings (SSSR count). The molecule has 1 atom stereocenters. The van der Waals surface area contributed by atoms with Gasteiger partial charge >= 0.3 is 5.97 Å². The number of hydrogen-bond acceptors (Lipinski definition) is 7. The molecule has 7 nitrogen and oxygen atoms in total. The van der Waals surface area contributed by atoms with E-state index in [1.807, 2.05) is 49.4 Å². The fourth-order valence-corrected chi connectivity index (χ4v) is 2.44. The van der Waals surface area contributed by atoms with Crippen LogP contribution < -0.4 is 10.1 Å². The molecular weight excluding hydrogens is 344 g/mol. The number of rotatable bonds is 7. The van der Waals surface area contributed by atoms with E-state index in [4.69, 9.17) is 4.74 Å². The summed E-state index contributed by atoms with van der Waals surface area (Å²) in [6, 6.07) is 16.8. The number of nitrogens with one attached hydrogen (secondary N) is 1. The maximum Gasteiger partial charge on any atom is 0.358 e. The lowest BCUT2D eigenvalue weighted by Gasteiger charge is -2.16. The zero-order chi connectivity index (χ0) is 19.1. The van der Waals surface area contributed by atoms with Crippen LogP contribution in [-0.2, 0) is 11.3 Å². The maximum absolute atomic E-state index is 11.4. The number of pyridine rings is 1. The molecule has 0 aliphatic carbocycles. The second-order valence-corrected chi connectivity index (χ2v) is 5.84. The lowest BCUT2D eigenvalue weighted by molar-refractivity contribution is 0.0593. The van der Waals surface area contributed by atoms with Crippen molar-refractivity contribution in [1.29, 1.82) is 0 Å². The van der Waals surface area contributed by atoms with Crippen LogP contribution in [-0.4, -0.2) is 28.3 Å². The van der Waals surface area contributed by atoms with Crippen LogP contribution in [0.2, 0.25) is 0 Å². The zero-order valence-electron chi connectivity index (χ0n) is 15.1. The lowest BCUT2D eigenvalue weighted by atomic mass is 10.1. The Morgan fingerprint density at radius 1 is 1.11 bits per heavy atom. The van der Waals surface area contributed by atoms with E-state index in [0.29, 0.717) is 12.4 Å². The molecule has 2 aromatic heterocycles. The van der Waals surface area contributed by atoms with Gasteiger partial charge in [-0.1, -0.05) is 18.2 Å². The summed E-state index contributed by atoms with van der Waals surface area (Å²) in [6.07, 6.45) is 1.74. The third kappa shape index (κ3) is 5.01. The first-order chi connectivity index (χ1) is 13.2. The molecule has 7 heteroatoms. The number of aromatic nitrogens is 3. The number of nitrogens with zero attached hydrogens (tertiary/aromatic N) is 3. The predicted octanol–water partition coefficient (Wildman–Crippen LogP) is 3.41. The first-order valence-corrected chi connectivity index (χ1v) is 8.47. The highest BCUT2D eigenvalue weighted by atomic mass is 16.5. The second-order valence-electron chi connectivity index (χ2n) is 5.84. The molecule has 138 valence electrons. The Morgan fingerprint density at radius 2 is 2.00 bits per heavy atom. The summed E-state index contributed by atoms with van der Waals surface area (Å²) >= 11 is 0. The number of carbonyl (C=O) groups is 1. The van der Waals surface area contributed by atoms with Crippen LogP contribution in [0.5, 0.6) is 5.75 Å². The SMILES string of the molecule is COC(=O)c1ccc(NC(C)c2cccc(OCc3ccccn3)c2)nn1. The Balaban J connectivity index is 1.62. The summed E-state index contributed by atoms with van der Waals surface area (Å²) in [7, 11) is 1.31. The minimum atomic E-state index is -0.514. The molecule has 0 spiro atoms. The van der Waals surface area contributed by atoms with Crippen LogP contribution in [0, 0.1) is 0 Å². The Hall–Kier alpha value is -3.48. The molecule has 1 aromatic carbocycles. The van der Waals surface area contributed by atoms with E-state index in [1.165, 1.54) is 7.11 Å². The Labute approximate surface area is 157 Å². The van der Waals surface area contributed by atoms with Crippen LogP contribution in [0.25, 0.3) is 0 Å². The van der Waals surface area contributed by atoms with Gasteiger partial charge in [-0.2, -0.15) is 0 Å². The minimum absolute atomic E-state index is 0.0262. The van der Waals surface area contributed by atoms with Gasteiger partial charge in [0.2, 0.25) is 0 Å². The first-order valence-electron chi connectivity index (χ1n) is 8.47. The highest BCUT2D eigenvalue weighted by Crippen LogP contribution is 2.22. The molecule has 0 saturated heterocycles. The van der Waals surface area contributed by atoms with Crippen molar-refractivity contribution in [1.82, 2.24) is 15.2 Å². The molecule has 1 unspecified atom stereocenters. The maximum atomic E-state index is 11.4. The standard InChI is InChI=1S/C20H20N4O3/c1-14(22-19-10-9-18(23-24-19)20(25)26-2)15-6-5-8-17(12-15)27-13-16-7-3-4-11-21-16/h3-12,14H,13H2,1-2H3,(H,22,24). The van der Waals surface area contributed by atoms with Crippen molar-refractivity contribution in [3.63, 3.8) is 0 Å². The molecule has 27 heavy (non-hydrogen) atoms. The molecule has 3 aromatic rings. The highest BCUT2D eigenvalue weighted by Gasteiger charge is 2.11. The van der Waals surface area contributed by atoms with Gasteiger partial charge in [0.25, 0.3) is 0 Å². The van der Waals surface area contributed by atoms with Crippen LogP contribution in [0.1, 0.15) is 34.7 Å². The van der Waals surface area contributed by atoms with E-state index in [9.17, 15) is 4.79 Å². The number of carbonyl (C=O) groups excluding carboxylic acids is 1. The predicted molar refractivity (Wildman–Crippen MR) is 100 cm³/mol. The number of benzene rings is 1. The molecule has 0 amide bonds. The molecule has 0 aliphatic rings. The number of anilines is 1. The highest BCUT2D eigenvalue weighted by molar-refractivity contribution is 5.86. The molecular formula is C20H20N4O3. The molecule has 1 N–H and O–H groups in total. The molecule has 0 radical (unpaired) electrons. The molecule has 0 fully saturated rings. The number of ether oxygens (including phenoxy) is 2. The van der Waals surface area contributed by atoms with E-state index in [2.05, 4.69) is 25.2 Å². The zero-order valence-corrected chi connectivity index (χ0v) is 15.1. The number of esters is 1. The first kappa shape index (κ1) is 18.3. The average Bonchev–Trinajstić information content (AvgIpc) is 2.73. The number of methoxy groups -OCH3 is 1. The van der Waals surface area contributed by atoms with Gasteiger partial charge in [0.05, 0.1) is 18.8 Å². The van der Waals surface area contributed by atoms with Crippen molar-refractivity contribution in [2.24, 2.45) is 0 Å². The molecule has 0 saturated carbocycles. The van der Waals surface area contributed by atoms with Crippen LogP contribution >= 0.6 is 0 Å². The quantitative estimate of drug-likeness (QED) is 0.643. The van der Waals surface area contributed by atoms with Crippen LogP contribution in [0.3, 0.4) is 0 Å². The Morgan fingerprint density at radius 3 is 2.70 bits per heavy atom. The van der Waals surface area contributed by atoms with Gasteiger partial charge in [0.15, 0.2) is 5.69 Å². The van der Waals surface area contributed by atoms with Gasteiger partial charge in [0.1, 0.15) is 18.2 Å². The van der Waals surface area contributed by atoms with Crippen molar-refractivity contribution < 1.29 is 14.3 Å². The van der Waals surface area contributed by atoms with Crippen molar-refractivity contribution in [2.45, 2.75) is 19.6 Å². The van der Waals surface area contributed by atoms with Gasteiger partial charge in [-0.15, -0.1) is 10.2 Å². The summed E-state index contributed by atoms with van der Waals surface area (Å²) in [4.78, 5) is 15.7. The molecule has 0 aliphatic heterocycles. The van der Waals surface area contributed by atoms with Crippen LogP contribution in [0.15, 0.2) is 60.8 Å². The van der Waals surface area contributed by atoms with Crippen molar-refractivity contribution in [3.8, 4) is 5.75 Å². The fraction of sp³-hybridized carbons (Fsp3) is 0.200. The van der Waals surface area contributed by atoms with Gasteiger partial charge in [-0.3, -0.25) is 4.98 Å². The third-order valence-electron chi connectivity index (χ3n) is 3.89. The third-order valence-corrected chi connectivity index (χ3v) is 3.89. The van der Waals surface area contributed by atoms with Crippen molar-refractivity contribution >= 4 is 11.8 Å². The summed E-state index contributed by atoms with van der Waals surface area (Å²) in [5.74, 6) is 0.814.